The average Bonchev–Trinajstić information content (AvgIpc) is 2.45. The van der Waals surface area contributed by atoms with Gasteiger partial charge in [-0.25, -0.2) is 4.98 Å². The van der Waals surface area contributed by atoms with E-state index in [-0.39, 0.29) is 11.5 Å². The summed E-state index contributed by atoms with van der Waals surface area (Å²) in [7, 11) is 0. The van der Waals surface area contributed by atoms with Crippen molar-refractivity contribution >= 4 is 5.91 Å². The minimum Gasteiger partial charge on any atom is -0.380 e. The van der Waals surface area contributed by atoms with Crippen LogP contribution in [0.2, 0.25) is 0 Å². The minimum atomic E-state index is -0.662. The summed E-state index contributed by atoms with van der Waals surface area (Å²) in [6.07, 6.45) is 1.28. The van der Waals surface area contributed by atoms with Gasteiger partial charge >= 0.3 is 0 Å². The number of carbonyl (C=O) groups is 1. The molecule has 0 fully saturated rings. The van der Waals surface area contributed by atoms with Gasteiger partial charge in [0.2, 0.25) is 5.95 Å². The molecule has 1 heterocycles. The Hall–Kier alpha value is -1.53. The molecule has 0 N–H and O–H groups in total. The first kappa shape index (κ1) is 16.5. The summed E-state index contributed by atoms with van der Waals surface area (Å²) in [5.41, 5.74) is 0.283. The number of hydrogen-bond donors (Lipinski definition) is 0. The first-order valence-corrected chi connectivity index (χ1v) is 6.75. The highest BCUT2D eigenvalue weighted by Crippen LogP contribution is 2.06. The third-order valence-electron chi connectivity index (χ3n) is 2.68. The topological polar surface area (TPSA) is 51.7 Å². The van der Waals surface area contributed by atoms with E-state index in [1.54, 1.807) is 4.90 Å². The Kier molecular flexibility index (Phi) is 7.75. The molecule has 20 heavy (non-hydrogen) atoms. The lowest BCUT2D eigenvalue weighted by Crippen LogP contribution is -2.36. The van der Waals surface area contributed by atoms with Crippen molar-refractivity contribution in [1.29, 1.82) is 0 Å². The van der Waals surface area contributed by atoms with Gasteiger partial charge in [-0.05, 0) is 19.9 Å². The summed E-state index contributed by atoms with van der Waals surface area (Å²) in [6, 6.07) is 2.64. The Bertz CT molecular complexity index is 405. The normalized spacial score (nSPS) is 10.6. The van der Waals surface area contributed by atoms with Gasteiger partial charge in [0.1, 0.15) is 0 Å². The van der Waals surface area contributed by atoms with Crippen LogP contribution in [0.5, 0.6) is 0 Å². The zero-order chi connectivity index (χ0) is 14.8. The first-order chi connectivity index (χ1) is 9.69. The molecule has 0 spiro atoms. The molecule has 112 valence electrons. The maximum absolute atomic E-state index is 13.1. The molecule has 0 bridgehead atoms. The molecule has 1 amide bonds. The molecule has 0 aliphatic rings. The van der Waals surface area contributed by atoms with Crippen LogP contribution in [0.15, 0.2) is 18.3 Å². The van der Waals surface area contributed by atoms with E-state index in [0.717, 1.165) is 6.07 Å². The molecule has 0 atom stereocenters. The second-order valence-electron chi connectivity index (χ2n) is 4.05. The highest BCUT2D eigenvalue weighted by molar-refractivity contribution is 5.94. The van der Waals surface area contributed by atoms with Crippen LogP contribution >= 0.6 is 0 Å². The Balaban J connectivity index is 2.66. The predicted molar refractivity (Wildman–Crippen MR) is 73.1 cm³/mol. The molecular weight excluding hydrogens is 263 g/mol. The Morgan fingerprint density at radius 2 is 1.85 bits per heavy atom. The van der Waals surface area contributed by atoms with Gasteiger partial charge in [0.05, 0.1) is 13.2 Å². The number of ether oxygens (including phenoxy) is 2. The zero-order valence-corrected chi connectivity index (χ0v) is 12.0. The monoisotopic (exact) mass is 284 g/mol. The largest absolute Gasteiger partial charge is 0.380 e. The maximum Gasteiger partial charge on any atom is 0.254 e. The number of carbonyl (C=O) groups excluding carboxylic acids is 1. The second-order valence-corrected chi connectivity index (χ2v) is 4.05. The fraction of sp³-hybridized carbons (Fsp3) is 0.571. The molecule has 1 aromatic rings. The summed E-state index contributed by atoms with van der Waals surface area (Å²) < 4.78 is 23.6. The number of pyridine rings is 1. The van der Waals surface area contributed by atoms with Crippen LogP contribution in [-0.4, -0.2) is 55.3 Å². The van der Waals surface area contributed by atoms with Crippen LogP contribution in [0.3, 0.4) is 0 Å². The summed E-state index contributed by atoms with van der Waals surface area (Å²) in [6.45, 7) is 6.77. The van der Waals surface area contributed by atoms with Crippen molar-refractivity contribution < 1.29 is 18.7 Å². The first-order valence-electron chi connectivity index (χ1n) is 6.75. The van der Waals surface area contributed by atoms with E-state index in [4.69, 9.17) is 9.47 Å². The summed E-state index contributed by atoms with van der Waals surface area (Å²) in [4.78, 5) is 17.3. The molecule has 0 unspecified atom stereocenters. The van der Waals surface area contributed by atoms with E-state index >= 15 is 0 Å². The molecule has 1 aromatic heterocycles. The highest BCUT2D eigenvalue weighted by atomic mass is 19.1. The number of hydrogen-bond acceptors (Lipinski definition) is 4. The Morgan fingerprint density at radius 3 is 2.35 bits per heavy atom. The van der Waals surface area contributed by atoms with Crippen LogP contribution < -0.4 is 0 Å². The molecule has 6 heteroatoms. The van der Waals surface area contributed by atoms with Gasteiger partial charge in [0.25, 0.3) is 5.91 Å². The molecule has 1 rings (SSSR count). The van der Waals surface area contributed by atoms with Gasteiger partial charge < -0.3 is 14.4 Å². The van der Waals surface area contributed by atoms with Crippen LogP contribution in [0.4, 0.5) is 4.39 Å². The standard InChI is InChI=1S/C14H21FN2O3/c1-3-19-9-7-17(8-10-20-4-2)14(18)12-5-6-16-13(15)11-12/h5-6,11H,3-4,7-10H2,1-2H3. The van der Waals surface area contributed by atoms with E-state index in [2.05, 4.69) is 4.98 Å². The van der Waals surface area contributed by atoms with Crippen LogP contribution in [-0.2, 0) is 9.47 Å². The van der Waals surface area contributed by atoms with Crippen molar-refractivity contribution in [2.24, 2.45) is 0 Å². The van der Waals surface area contributed by atoms with Gasteiger partial charge in [-0.15, -0.1) is 0 Å². The van der Waals surface area contributed by atoms with Crippen molar-refractivity contribution in [2.45, 2.75) is 13.8 Å². The summed E-state index contributed by atoms with van der Waals surface area (Å²) in [5.74, 6) is -0.906. The van der Waals surface area contributed by atoms with E-state index < -0.39 is 5.95 Å². The van der Waals surface area contributed by atoms with Gasteiger partial charge in [-0.3, -0.25) is 4.79 Å². The van der Waals surface area contributed by atoms with Crippen LogP contribution in [0, 0.1) is 5.95 Å². The van der Waals surface area contributed by atoms with Gasteiger partial charge in [0.15, 0.2) is 0 Å². The van der Waals surface area contributed by atoms with Gasteiger partial charge in [0, 0.05) is 44.1 Å². The van der Waals surface area contributed by atoms with E-state index in [1.807, 2.05) is 13.8 Å². The number of amides is 1. The maximum atomic E-state index is 13.1. The summed E-state index contributed by atoms with van der Waals surface area (Å²) >= 11 is 0. The van der Waals surface area contributed by atoms with Gasteiger partial charge in [-0.1, -0.05) is 0 Å². The number of nitrogens with zero attached hydrogens (tertiary/aromatic N) is 2. The lowest BCUT2D eigenvalue weighted by atomic mass is 10.2. The van der Waals surface area contributed by atoms with Crippen molar-refractivity contribution in [3.63, 3.8) is 0 Å². The molecule has 0 aliphatic heterocycles. The lowest BCUT2D eigenvalue weighted by Gasteiger charge is -2.22. The molecule has 0 saturated heterocycles. The zero-order valence-electron chi connectivity index (χ0n) is 12.0. The minimum absolute atomic E-state index is 0.245. The number of halogens is 1. The molecule has 5 nitrogen and oxygen atoms in total. The van der Waals surface area contributed by atoms with Crippen molar-refractivity contribution in [2.75, 3.05) is 39.5 Å². The van der Waals surface area contributed by atoms with Gasteiger partial charge in [-0.2, -0.15) is 4.39 Å². The third-order valence-corrected chi connectivity index (χ3v) is 2.68. The van der Waals surface area contributed by atoms with Crippen molar-refractivity contribution in [3.05, 3.63) is 29.8 Å². The molecular formula is C14H21FN2O3. The van der Waals surface area contributed by atoms with Crippen molar-refractivity contribution in [3.8, 4) is 0 Å². The molecule has 0 saturated carbocycles. The molecule has 0 aliphatic carbocycles. The Labute approximate surface area is 118 Å². The van der Waals surface area contributed by atoms with Crippen molar-refractivity contribution in [1.82, 2.24) is 9.88 Å². The SMILES string of the molecule is CCOCCN(CCOCC)C(=O)c1ccnc(F)c1. The highest BCUT2D eigenvalue weighted by Gasteiger charge is 2.16. The predicted octanol–water partition coefficient (Wildman–Crippen LogP) is 1.74. The average molecular weight is 284 g/mol. The smallest absolute Gasteiger partial charge is 0.254 e. The number of rotatable bonds is 9. The molecule has 0 aromatic carbocycles. The number of aromatic nitrogens is 1. The lowest BCUT2D eigenvalue weighted by molar-refractivity contribution is 0.0549. The third kappa shape index (κ3) is 5.63. The second kappa shape index (κ2) is 9.39. The van der Waals surface area contributed by atoms with Crippen LogP contribution in [0.1, 0.15) is 24.2 Å². The van der Waals surface area contributed by atoms with Crippen LogP contribution in [0.25, 0.3) is 0 Å². The van der Waals surface area contributed by atoms with E-state index in [1.165, 1.54) is 12.3 Å². The molecule has 0 radical (unpaired) electrons. The Morgan fingerprint density at radius 1 is 1.25 bits per heavy atom. The van der Waals surface area contributed by atoms with E-state index in [0.29, 0.717) is 39.5 Å². The summed E-state index contributed by atoms with van der Waals surface area (Å²) in [5, 5.41) is 0. The quantitative estimate of drug-likeness (QED) is 0.512. The fourth-order valence-corrected chi connectivity index (χ4v) is 1.67. The van der Waals surface area contributed by atoms with E-state index in [9.17, 15) is 9.18 Å². The fourth-order valence-electron chi connectivity index (χ4n) is 1.67.